The fourth-order valence-corrected chi connectivity index (χ4v) is 3.22. The Labute approximate surface area is 151 Å². The van der Waals surface area contributed by atoms with E-state index in [9.17, 15) is 4.79 Å². The predicted molar refractivity (Wildman–Crippen MR) is 90.0 cm³/mol. The Balaban J connectivity index is 1.45. The van der Waals surface area contributed by atoms with Gasteiger partial charge in [-0.25, -0.2) is 0 Å². The first-order valence-corrected chi connectivity index (χ1v) is 8.70. The highest BCUT2D eigenvalue weighted by molar-refractivity contribution is 5.79. The molecule has 1 amide bonds. The minimum absolute atomic E-state index is 0.0260. The molecule has 2 aliphatic rings. The third-order valence-corrected chi connectivity index (χ3v) is 4.39. The molecule has 4 rings (SSSR count). The SMILES string of the molecule is Cc1nnc([C@H]2CN(C(=O)Cc3ccc4c(c3)OCCO4)C[C@@H](C)O2)o1. The van der Waals surface area contributed by atoms with Crippen LogP contribution in [0.15, 0.2) is 22.6 Å². The number of hydrogen-bond donors (Lipinski definition) is 0. The lowest BCUT2D eigenvalue weighted by Gasteiger charge is -2.35. The van der Waals surface area contributed by atoms with Crippen LogP contribution in [0.2, 0.25) is 0 Å². The summed E-state index contributed by atoms with van der Waals surface area (Å²) >= 11 is 0. The molecule has 0 aliphatic carbocycles. The van der Waals surface area contributed by atoms with Gasteiger partial charge in [-0.1, -0.05) is 6.07 Å². The number of hydrogen-bond acceptors (Lipinski definition) is 7. The van der Waals surface area contributed by atoms with Crippen LogP contribution in [0.4, 0.5) is 0 Å². The third kappa shape index (κ3) is 3.50. The van der Waals surface area contributed by atoms with E-state index >= 15 is 0 Å². The second-order valence-electron chi connectivity index (χ2n) is 6.55. The molecule has 1 aromatic heterocycles. The molecule has 0 N–H and O–H groups in total. The molecule has 0 saturated carbocycles. The zero-order valence-corrected chi connectivity index (χ0v) is 14.8. The Morgan fingerprint density at radius 3 is 2.77 bits per heavy atom. The van der Waals surface area contributed by atoms with E-state index < -0.39 is 6.10 Å². The maximum atomic E-state index is 12.8. The first kappa shape index (κ1) is 16.8. The second-order valence-corrected chi connectivity index (χ2v) is 6.55. The molecule has 26 heavy (non-hydrogen) atoms. The lowest BCUT2D eigenvalue weighted by Crippen LogP contribution is -2.46. The molecule has 8 heteroatoms. The standard InChI is InChI=1S/C18H21N3O5/c1-11-9-21(10-16(25-11)18-20-19-12(2)26-18)17(22)8-13-3-4-14-15(7-13)24-6-5-23-14/h3-4,7,11,16H,5-6,8-10H2,1-2H3/t11-,16-/m1/s1. The van der Waals surface area contributed by atoms with Crippen LogP contribution in [-0.4, -0.2) is 53.4 Å². The van der Waals surface area contributed by atoms with E-state index in [-0.39, 0.29) is 12.0 Å². The van der Waals surface area contributed by atoms with Crippen molar-refractivity contribution in [1.82, 2.24) is 15.1 Å². The van der Waals surface area contributed by atoms with Gasteiger partial charge in [0.15, 0.2) is 17.6 Å². The van der Waals surface area contributed by atoms with Crippen molar-refractivity contribution >= 4 is 5.91 Å². The Morgan fingerprint density at radius 1 is 1.19 bits per heavy atom. The van der Waals surface area contributed by atoms with E-state index in [0.29, 0.717) is 50.3 Å². The summed E-state index contributed by atoms with van der Waals surface area (Å²) in [7, 11) is 0. The Hall–Kier alpha value is -2.61. The number of nitrogens with zero attached hydrogens (tertiary/aromatic N) is 3. The van der Waals surface area contributed by atoms with E-state index in [4.69, 9.17) is 18.6 Å². The van der Waals surface area contributed by atoms with Gasteiger partial charge in [0.05, 0.1) is 19.1 Å². The smallest absolute Gasteiger partial charge is 0.247 e. The van der Waals surface area contributed by atoms with Crippen LogP contribution in [-0.2, 0) is 16.0 Å². The van der Waals surface area contributed by atoms with Crippen molar-refractivity contribution in [1.29, 1.82) is 0 Å². The van der Waals surface area contributed by atoms with E-state index in [1.165, 1.54) is 0 Å². The second kappa shape index (κ2) is 6.95. The van der Waals surface area contributed by atoms with Crippen LogP contribution < -0.4 is 9.47 Å². The number of rotatable bonds is 3. The normalized spacial score (nSPS) is 22.3. The number of benzene rings is 1. The number of aryl methyl sites for hydroxylation is 1. The molecule has 0 unspecified atom stereocenters. The van der Waals surface area contributed by atoms with Gasteiger partial charge < -0.3 is 23.5 Å². The van der Waals surface area contributed by atoms with Crippen molar-refractivity contribution < 1.29 is 23.4 Å². The van der Waals surface area contributed by atoms with Gasteiger partial charge in [-0.2, -0.15) is 0 Å². The lowest BCUT2D eigenvalue weighted by atomic mass is 10.1. The van der Waals surface area contributed by atoms with Gasteiger partial charge in [0.2, 0.25) is 17.7 Å². The predicted octanol–water partition coefficient (Wildman–Crippen LogP) is 1.68. The van der Waals surface area contributed by atoms with E-state index in [1.807, 2.05) is 25.1 Å². The van der Waals surface area contributed by atoms with Gasteiger partial charge >= 0.3 is 0 Å². The highest BCUT2D eigenvalue weighted by atomic mass is 16.6. The number of amides is 1. The maximum Gasteiger partial charge on any atom is 0.247 e. The number of fused-ring (bicyclic) bond motifs is 1. The summed E-state index contributed by atoms with van der Waals surface area (Å²) in [5.74, 6) is 2.33. The Bertz CT molecular complexity index is 806. The average Bonchev–Trinajstić information content (AvgIpc) is 3.07. The molecule has 2 aliphatic heterocycles. The van der Waals surface area contributed by atoms with Gasteiger partial charge in [-0.15, -0.1) is 10.2 Å². The van der Waals surface area contributed by atoms with Gasteiger partial charge in [-0.3, -0.25) is 4.79 Å². The Morgan fingerprint density at radius 2 is 2.00 bits per heavy atom. The lowest BCUT2D eigenvalue weighted by molar-refractivity contribution is -0.145. The van der Waals surface area contributed by atoms with Crippen molar-refractivity contribution in [3.05, 3.63) is 35.5 Å². The zero-order valence-electron chi connectivity index (χ0n) is 14.8. The van der Waals surface area contributed by atoms with Gasteiger partial charge in [0.25, 0.3) is 0 Å². The van der Waals surface area contributed by atoms with E-state index in [2.05, 4.69) is 10.2 Å². The molecule has 0 bridgehead atoms. The number of ether oxygens (including phenoxy) is 3. The zero-order chi connectivity index (χ0) is 18.1. The van der Waals surface area contributed by atoms with Crippen molar-refractivity contribution in [2.24, 2.45) is 0 Å². The van der Waals surface area contributed by atoms with Crippen molar-refractivity contribution in [2.75, 3.05) is 26.3 Å². The summed E-state index contributed by atoms with van der Waals surface area (Å²) in [5.41, 5.74) is 0.892. The molecular formula is C18H21N3O5. The van der Waals surface area contributed by atoms with E-state index in [1.54, 1.807) is 11.8 Å². The number of carbonyl (C=O) groups excluding carboxylic acids is 1. The third-order valence-electron chi connectivity index (χ3n) is 4.39. The summed E-state index contributed by atoms with van der Waals surface area (Å²) in [4.78, 5) is 14.6. The summed E-state index contributed by atoms with van der Waals surface area (Å²) < 4.78 is 22.4. The summed E-state index contributed by atoms with van der Waals surface area (Å²) in [6.07, 6.45) is -0.215. The maximum absolute atomic E-state index is 12.8. The van der Waals surface area contributed by atoms with Crippen LogP contribution in [0, 0.1) is 6.92 Å². The first-order valence-electron chi connectivity index (χ1n) is 8.70. The summed E-state index contributed by atoms with van der Waals surface area (Å²) in [5, 5.41) is 7.86. The molecule has 1 fully saturated rings. The first-order chi connectivity index (χ1) is 12.6. The molecule has 1 saturated heterocycles. The quantitative estimate of drug-likeness (QED) is 0.824. The molecule has 0 spiro atoms. The van der Waals surface area contributed by atoms with E-state index in [0.717, 1.165) is 11.3 Å². The van der Waals surface area contributed by atoms with Gasteiger partial charge in [-0.05, 0) is 24.6 Å². The minimum Gasteiger partial charge on any atom is -0.486 e. The highest BCUT2D eigenvalue weighted by Gasteiger charge is 2.32. The molecule has 2 aromatic rings. The van der Waals surface area contributed by atoms with Crippen molar-refractivity contribution in [3.63, 3.8) is 0 Å². The molecule has 8 nitrogen and oxygen atoms in total. The number of morpholine rings is 1. The number of carbonyl (C=O) groups is 1. The Kier molecular flexibility index (Phi) is 4.50. The summed E-state index contributed by atoms with van der Waals surface area (Å²) in [6.45, 7) is 5.67. The molecule has 3 heterocycles. The van der Waals surface area contributed by atoms with Gasteiger partial charge in [0.1, 0.15) is 13.2 Å². The van der Waals surface area contributed by atoms with Gasteiger partial charge in [0, 0.05) is 13.5 Å². The topological polar surface area (TPSA) is 86.9 Å². The average molecular weight is 359 g/mol. The van der Waals surface area contributed by atoms with Crippen molar-refractivity contribution in [2.45, 2.75) is 32.5 Å². The molecule has 2 atom stereocenters. The van der Waals surface area contributed by atoms with Crippen LogP contribution in [0.25, 0.3) is 0 Å². The molecular weight excluding hydrogens is 338 g/mol. The monoisotopic (exact) mass is 359 g/mol. The van der Waals surface area contributed by atoms with Crippen molar-refractivity contribution in [3.8, 4) is 11.5 Å². The summed E-state index contributed by atoms with van der Waals surface area (Å²) in [6, 6.07) is 5.62. The minimum atomic E-state index is -0.399. The fourth-order valence-electron chi connectivity index (χ4n) is 3.22. The van der Waals surface area contributed by atoms with Crippen LogP contribution in [0.5, 0.6) is 11.5 Å². The largest absolute Gasteiger partial charge is 0.486 e. The number of aromatic nitrogens is 2. The van der Waals surface area contributed by atoms with Crippen LogP contribution in [0.3, 0.4) is 0 Å². The highest BCUT2D eigenvalue weighted by Crippen LogP contribution is 2.31. The van der Waals surface area contributed by atoms with Crippen LogP contribution >= 0.6 is 0 Å². The van der Waals surface area contributed by atoms with Crippen LogP contribution in [0.1, 0.15) is 30.4 Å². The molecule has 138 valence electrons. The molecule has 1 aromatic carbocycles. The molecule has 0 radical (unpaired) electrons. The fraction of sp³-hybridized carbons (Fsp3) is 0.500.